The van der Waals surface area contributed by atoms with Gasteiger partial charge in [0, 0.05) is 12.0 Å². The van der Waals surface area contributed by atoms with Crippen LogP contribution in [0.4, 0.5) is 0 Å². The highest BCUT2D eigenvalue weighted by atomic mass is 16.7. The molecule has 7 heteroatoms. The van der Waals surface area contributed by atoms with E-state index in [1.807, 2.05) is 18.2 Å². The predicted molar refractivity (Wildman–Crippen MR) is 88.4 cm³/mol. The molecule has 3 aliphatic rings. The second-order valence-corrected chi connectivity index (χ2v) is 6.66. The smallest absolute Gasteiger partial charge is 0.231 e. The maximum absolute atomic E-state index is 9.61. The zero-order valence-corrected chi connectivity index (χ0v) is 13.8. The van der Waals surface area contributed by atoms with E-state index in [2.05, 4.69) is 0 Å². The molecule has 2 aromatic rings. The first kappa shape index (κ1) is 15.6. The quantitative estimate of drug-likeness (QED) is 0.816. The van der Waals surface area contributed by atoms with E-state index in [0.717, 1.165) is 17.1 Å². The Balaban J connectivity index is 1.32. The maximum Gasteiger partial charge on any atom is 0.231 e. The molecule has 0 radical (unpaired) electrons. The van der Waals surface area contributed by atoms with Crippen molar-refractivity contribution in [1.82, 2.24) is 0 Å². The lowest BCUT2D eigenvalue weighted by molar-refractivity contribution is -0.0788. The van der Waals surface area contributed by atoms with Gasteiger partial charge in [0.1, 0.15) is 5.75 Å². The monoisotopic (exact) mass is 358 g/mol. The number of fused-ring (bicyclic) bond motifs is 2. The van der Waals surface area contributed by atoms with Crippen LogP contribution >= 0.6 is 0 Å². The van der Waals surface area contributed by atoms with E-state index in [1.54, 1.807) is 6.07 Å². The predicted octanol–water partition coefficient (Wildman–Crippen LogP) is 2.57. The van der Waals surface area contributed by atoms with E-state index in [4.69, 9.17) is 23.7 Å². The molecule has 2 saturated heterocycles. The van der Waals surface area contributed by atoms with Gasteiger partial charge in [-0.2, -0.15) is 0 Å². The van der Waals surface area contributed by atoms with Crippen molar-refractivity contribution in [2.75, 3.05) is 20.0 Å². The zero-order chi connectivity index (χ0) is 17.7. The van der Waals surface area contributed by atoms with Gasteiger partial charge in [-0.3, -0.25) is 0 Å². The van der Waals surface area contributed by atoms with Crippen LogP contribution < -0.4 is 14.2 Å². The van der Waals surface area contributed by atoms with Crippen molar-refractivity contribution < 1.29 is 33.9 Å². The maximum atomic E-state index is 9.61. The molecule has 2 N–H and O–H groups in total. The molecular weight excluding hydrogens is 340 g/mol. The summed E-state index contributed by atoms with van der Waals surface area (Å²) in [4.78, 5) is 0. The van der Waals surface area contributed by atoms with Crippen molar-refractivity contribution in [3.05, 3.63) is 42.0 Å². The molecule has 0 amide bonds. The Bertz CT molecular complexity index is 837. The van der Waals surface area contributed by atoms with Crippen LogP contribution in [0.2, 0.25) is 0 Å². The number of hydrogen-bond acceptors (Lipinski definition) is 7. The standard InChI is InChI=1S/C19H18O7/c20-14-3-2-11(6-15(14)21)26-19-13-8-22-18(12(13)7-23-19)10-1-4-16-17(5-10)25-9-24-16/h1-6,12-13,18-21H,7-9H2/t12-,13-,18+,19+/m0/s1. The van der Waals surface area contributed by atoms with Crippen LogP contribution in [0.5, 0.6) is 28.7 Å². The Morgan fingerprint density at radius 2 is 1.69 bits per heavy atom. The number of phenols is 2. The first-order valence-electron chi connectivity index (χ1n) is 8.50. The minimum absolute atomic E-state index is 0.0846. The number of aromatic hydroxyl groups is 2. The molecular formula is C19H18O7. The van der Waals surface area contributed by atoms with E-state index < -0.39 is 6.29 Å². The molecule has 0 saturated carbocycles. The number of benzene rings is 2. The Morgan fingerprint density at radius 1 is 0.846 bits per heavy atom. The number of rotatable bonds is 3. The summed E-state index contributed by atoms with van der Waals surface area (Å²) in [6.07, 6.45) is -0.542. The molecule has 0 unspecified atom stereocenters. The molecule has 7 nitrogen and oxygen atoms in total. The summed E-state index contributed by atoms with van der Waals surface area (Å²) >= 11 is 0. The molecule has 0 spiro atoms. The fourth-order valence-corrected chi connectivity index (χ4v) is 3.77. The summed E-state index contributed by atoms with van der Waals surface area (Å²) < 4.78 is 28.5. The molecule has 2 fully saturated rings. The van der Waals surface area contributed by atoms with E-state index >= 15 is 0 Å². The van der Waals surface area contributed by atoms with Gasteiger partial charge in [0.25, 0.3) is 0 Å². The van der Waals surface area contributed by atoms with Gasteiger partial charge in [-0.05, 0) is 29.8 Å². The van der Waals surface area contributed by atoms with E-state index in [0.29, 0.717) is 19.0 Å². The van der Waals surface area contributed by atoms with Gasteiger partial charge in [-0.25, -0.2) is 0 Å². The number of ether oxygens (including phenoxy) is 5. The van der Waals surface area contributed by atoms with E-state index in [-0.39, 0.29) is 36.2 Å². The largest absolute Gasteiger partial charge is 0.504 e. The third-order valence-corrected chi connectivity index (χ3v) is 5.13. The Morgan fingerprint density at radius 3 is 2.58 bits per heavy atom. The molecule has 0 bridgehead atoms. The van der Waals surface area contributed by atoms with E-state index in [9.17, 15) is 10.2 Å². The van der Waals surface area contributed by atoms with Gasteiger partial charge in [0.15, 0.2) is 23.0 Å². The minimum Gasteiger partial charge on any atom is -0.504 e. The van der Waals surface area contributed by atoms with Crippen molar-refractivity contribution in [1.29, 1.82) is 0 Å². The summed E-state index contributed by atoms with van der Waals surface area (Å²) in [5.41, 5.74) is 1.04. The van der Waals surface area contributed by atoms with Crippen LogP contribution in [0.1, 0.15) is 11.7 Å². The topological polar surface area (TPSA) is 86.6 Å². The van der Waals surface area contributed by atoms with Gasteiger partial charge in [0.2, 0.25) is 13.1 Å². The molecule has 3 heterocycles. The molecule has 4 atom stereocenters. The first-order valence-corrected chi connectivity index (χ1v) is 8.50. The Hall–Kier alpha value is -2.64. The Kier molecular flexibility index (Phi) is 3.58. The fraction of sp³-hybridized carbons (Fsp3) is 0.368. The molecule has 26 heavy (non-hydrogen) atoms. The molecule has 0 aromatic heterocycles. The van der Waals surface area contributed by atoms with Crippen LogP contribution in [0.25, 0.3) is 0 Å². The van der Waals surface area contributed by atoms with Crippen LogP contribution in [0, 0.1) is 11.8 Å². The van der Waals surface area contributed by atoms with Crippen molar-refractivity contribution in [3.63, 3.8) is 0 Å². The van der Waals surface area contributed by atoms with Gasteiger partial charge < -0.3 is 33.9 Å². The highest BCUT2D eigenvalue weighted by Crippen LogP contribution is 2.47. The zero-order valence-electron chi connectivity index (χ0n) is 13.8. The van der Waals surface area contributed by atoms with Gasteiger partial charge >= 0.3 is 0 Å². The van der Waals surface area contributed by atoms with Crippen molar-refractivity contribution in [3.8, 4) is 28.7 Å². The third-order valence-electron chi connectivity index (χ3n) is 5.13. The lowest BCUT2D eigenvalue weighted by Gasteiger charge is -2.18. The highest BCUT2D eigenvalue weighted by molar-refractivity contribution is 5.45. The third kappa shape index (κ3) is 2.51. The average molecular weight is 358 g/mol. The average Bonchev–Trinajstić information content (AvgIpc) is 3.34. The fourth-order valence-electron chi connectivity index (χ4n) is 3.77. The van der Waals surface area contributed by atoms with Gasteiger partial charge in [-0.15, -0.1) is 0 Å². The molecule has 0 aliphatic carbocycles. The Labute approximate surface area is 149 Å². The van der Waals surface area contributed by atoms with Crippen LogP contribution in [0.15, 0.2) is 36.4 Å². The van der Waals surface area contributed by atoms with Crippen molar-refractivity contribution in [2.24, 2.45) is 11.8 Å². The SMILES string of the molecule is Oc1ccc(O[C@H]2OC[C@H]3[C@@H]2CO[C@@H]3c2ccc3c(c2)OCO3)cc1O. The lowest BCUT2D eigenvalue weighted by atomic mass is 9.89. The first-order chi connectivity index (χ1) is 12.7. The summed E-state index contributed by atoms with van der Waals surface area (Å²) in [7, 11) is 0. The lowest BCUT2D eigenvalue weighted by Crippen LogP contribution is -2.26. The summed E-state index contributed by atoms with van der Waals surface area (Å²) in [6, 6.07) is 10.2. The van der Waals surface area contributed by atoms with E-state index in [1.165, 1.54) is 12.1 Å². The molecule has 5 rings (SSSR count). The van der Waals surface area contributed by atoms with Gasteiger partial charge in [-0.1, -0.05) is 6.07 Å². The number of hydrogen-bond donors (Lipinski definition) is 2. The summed E-state index contributed by atoms with van der Waals surface area (Å²) in [5.74, 6) is 1.78. The highest BCUT2D eigenvalue weighted by Gasteiger charge is 2.49. The van der Waals surface area contributed by atoms with Crippen molar-refractivity contribution >= 4 is 0 Å². The minimum atomic E-state index is -0.456. The van der Waals surface area contributed by atoms with Gasteiger partial charge in [0.05, 0.1) is 25.2 Å². The number of phenolic OH excluding ortho intramolecular Hbond substituents is 2. The summed E-state index contributed by atoms with van der Waals surface area (Å²) in [6.45, 7) is 1.30. The normalized spacial score (nSPS) is 28.9. The second kappa shape index (κ2) is 5.96. The molecule has 136 valence electrons. The molecule has 2 aromatic carbocycles. The van der Waals surface area contributed by atoms with Crippen molar-refractivity contribution in [2.45, 2.75) is 12.4 Å². The second-order valence-electron chi connectivity index (χ2n) is 6.66. The van der Waals surface area contributed by atoms with Crippen LogP contribution in [-0.4, -0.2) is 36.5 Å². The summed E-state index contributed by atoms with van der Waals surface area (Å²) in [5, 5.41) is 19.0. The molecule has 3 aliphatic heterocycles. The van der Waals surface area contributed by atoms with Crippen LogP contribution in [-0.2, 0) is 9.47 Å². The van der Waals surface area contributed by atoms with Crippen LogP contribution in [0.3, 0.4) is 0 Å².